The first kappa shape index (κ1) is 23.3. The third-order valence-corrected chi connectivity index (χ3v) is 7.28. The molecule has 0 spiro atoms. The van der Waals surface area contributed by atoms with Gasteiger partial charge in [0.1, 0.15) is 16.6 Å². The summed E-state index contributed by atoms with van der Waals surface area (Å²) in [6.07, 6.45) is 1.91. The Bertz CT molecular complexity index is 1250. The van der Waals surface area contributed by atoms with Crippen molar-refractivity contribution in [3.05, 3.63) is 56.8 Å². The van der Waals surface area contributed by atoms with Crippen molar-refractivity contribution in [2.75, 3.05) is 32.2 Å². The van der Waals surface area contributed by atoms with Crippen molar-refractivity contribution >= 4 is 40.5 Å². The molecule has 10 nitrogen and oxygen atoms in total. The van der Waals surface area contributed by atoms with Gasteiger partial charge in [-0.2, -0.15) is 10.2 Å². The van der Waals surface area contributed by atoms with Crippen molar-refractivity contribution < 1.29 is 23.9 Å². The molecule has 35 heavy (non-hydrogen) atoms. The van der Waals surface area contributed by atoms with Gasteiger partial charge in [-0.3, -0.25) is 10.2 Å². The third kappa shape index (κ3) is 4.26. The van der Waals surface area contributed by atoms with Crippen molar-refractivity contribution in [1.29, 1.82) is 0 Å². The molecule has 3 heterocycles. The number of Topliss-reactive ketones (excluding diaryl/α,β-unsaturated/α-hetero) is 1. The van der Waals surface area contributed by atoms with Crippen molar-refractivity contribution in [3.8, 4) is 0 Å². The number of ether oxygens (including phenoxy) is 2. The van der Waals surface area contributed by atoms with Gasteiger partial charge in [-0.05, 0) is 43.5 Å². The first-order valence-electron chi connectivity index (χ1n) is 11.4. The molecule has 2 aliphatic heterocycles. The lowest BCUT2D eigenvalue weighted by atomic mass is 10.1. The summed E-state index contributed by atoms with van der Waals surface area (Å²) in [4.78, 5) is 39.5. The standard InChI is InChI=1S/C24H25N5O5S/c1-3-34-23(31)17-10-9-16(35-17)21-19-20(26-27-21)14-7-4-8-15(18(14)22(19)30)25-24(32)28-29-11-5-6-13(29)12-33-2/h4,7-10,13,20H,3,5-6,11-12H2,1-2H3,(H2,25,28,32)/t13-,20?/m1/s1. The lowest BCUT2D eigenvalue weighted by Gasteiger charge is -2.24. The minimum absolute atomic E-state index is 0.117. The highest BCUT2D eigenvalue weighted by Crippen LogP contribution is 2.49. The summed E-state index contributed by atoms with van der Waals surface area (Å²) >= 11 is 1.21. The van der Waals surface area contributed by atoms with Crippen molar-refractivity contribution in [1.82, 2.24) is 10.4 Å². The van der Waals surface area contributed by atoms with E-state index in [9.17, 15) is 14.4 Å². The third-order valence-electron chi connectivity index (χ3n) is 6.21. The molecule has 1 aliphatic carbocycles. The Morgan fingerprint density at radius 2 is 2.11 bits per heavy atom. The van der Waals surface area contributed by atoms with Crippen molar-refractivity contribution in [3.63, 3.8) is 0 Å². The van der Waals surface area contributed by atoms with E-state index in [1.807, 2.05) is 11.1 Å². The smallest absolute Gasteiger partial charge is 0.348 e. The number of esters is 1. The first-order chi connectivity index (χ1) is 17.0. The van der Waals surface area contributed by atoms with E-state index in [2.05, 4.69) is 21.0 Å². The number of methoxy groups -OCH3 is 1. The zero-order chi connectivity index (χ0) is 24.5. The number of hydrogen-bond acceptors (Lipinski definition) is 9. The summed E-state index contributed by atoms with van der Waals surface area (Å²) in [7, 11) is 1.64. The summed E-state index contributed by atoms with van der Waals surface area (Å²) in [5.41, 5.74) is 5.30. The van der Waals surface area contributed by atoms with E-state index in [1.165, 1.54) is 11.3 Å². The fourth-order valence-electron chi connectivity index (χ4n) is 4.68. The van der Waals surface area contributed by atoms with Crippen molar-refractivity contribution in [2.24, 2.45) is 10.2 Å². The predicted octanol–water partition coefficient (Wildman–Crippen LogP) is 4.19. The molecule has 1 aromatic heterocycles. The molecular weight excluding hydrogens is 470 g/mol. The Hall–Kier alpha value is -3.41. The number of azo groups is 1. The number of carbonyl (C=O) groups excluding carboxylic acids is 3. The van der Waals surface area contributed by atoms with E-state index in [4.69, 9.17) is 9.47 Å². The molecule has 0 bridgehead atoms. The Labute approximate surface area is 206 Å². The van der Waals surface area contributed by atoms with Gasteiger partial charge in [0.2, 0.25) is 0 Å². The molecule has 2 N–H and O–H groups in total. The molecule has 182 valence electrons. The molecule has 5 rings (SSSR count). The maximum Gasteiger partial charge on any atom is 0.348 e. The number of urea groups is 1. The lowest BCUT2D eigenvalue weighted by Crippen LogP contribution is -2.48. The molecule has 1 fully saturated rings. The first-order valence-corrected chi connectivity index (χ1v) is 12.3. The van der Waals surface area contributed by atoms with Gasteiger partial charge in [0.15, 0.2) is 5.78 Å². The Morgan fingerprint density at radius 1 is 1.26 bits per heavy atom. The van der Waals surface area contributed by atoms with Crippen LogP contribution in [0.25, 0.3) is 5.70 Å². The number of thiophene rings is 1. The van der Waals surface area contributed by atoms with Crippen LogP contribution in [0.5, 0.6) is 0 Å². The van der Waals surface area contributed by atoms with Crippen LogP contribution >= 0.6 is 11.3 Å². The van der Waals surface area contributed by atoms with Crippen LogP contribution in [0.15, 0.2) is 46.1 Å². The van der Waals surface area contributed by atoms with Crippen LogP contribution in [0.2, 0.25) is 0 Å². The maximum absolute atomic E-state index is 13.5. The fourth-order valence-corrected chi connectivity index (χ4v) is 5.58. The number of anilines is 1. The molecule has 0 saturated carbocycles. The second kappa shape index (κ2) is 9.68. The molecule has 11 heteroatoms. The van der Waals surface area contributed by atoms with Crippen LogP contribution in [0.1, 0.15) is 56.3 Å². The SMILES string of the molecule is CCOC(=O)c1ccc(C2=C3C(=O)c4c(NC(=O)NN5CCC[C@@H]5COC)cccc4C3N=N2)s1. The highest BCUT2D eigenvalue weighted by Gasteiger charge is 2.42. The topological polar surface area (TPSA) is 122 Å². The molecule has 1 aromatic carbocycles. The molecular formula is C24H25N5O5S. The van der Waals surface area contributed by atoms with E-state index in [0.29, 0.717) is 44.4 Å². The van der Waals surface area contributed by atoms with Crippen LogP contribution < -0.4 is 10.7 Å². The van der Waals surface area contributed by atoms with Gasteiger partial charge in [-0.1, -0.05) is 12.1 Å². The Morgan fingerprint density at radius 3 is 2.91 bits per heavy atom. The second-order valence-corrected chi connectivity index (χ2v) is 9.46. The summed E-state index contributed by atoms with van der Waals surface area (Å²) in [6.45, 7) is 3.30. The minimum Gasteiger partial charge on any atom is -0.462 e. The second-order valence-electron chi connectivity index (χ2n) is 8.37. The normalized spacial score (nSPS) is 20.8. The number of fused-ring (bicyclic) bond motifs is 3. The molecule has 1 unspecified atom stereocenters. The van der Waals surface area contributed by atoms with Gasteiger partial charge in [0.25, 0.3) is 0 Å². The maximum atomic E-state index is 13.5. The van der Waals surface area contributed by atoms with E-state index in [0.717, 1.165) is 19.4 Å². The molecule has 2 amide bonds. The quantitative estimate of drug-likeness (QED) is 0.556. The lowest BCUT2D eigenvalue weighted by molar-refractivity contribution is 0.0532. The largest absolute Gasteiger partial charge is 0.462 e. The van der Waals surface area contributed by atoms with E-state index >= 15 is 0 Å². The van der Waals surface area contributed by atoms with Gasteiger partial charge < -0.3 is 14.8 Å². The number of rotatable bonds is 7. The average Bonchev–Trinajstić information content (AvgIpc) is 3.61. The number of nitrogens with one attached hydrogen (secondary N) is 2. The van der Waals surface area contributed by atoms with Gasteiger partial charge >= 0.3 is 12.0 Å². The number of nitrogens with zero attached hydrogens (tertiary/aromatic N) is 3. The van der Waals surface area contributed by atoms with Gasteiger partial charge in [-0.25, -0.2) is 14.6 Å². The highest BCUT2D eigenvalue weighted by atomic mass is 32.1. The summed E-state index contributed by atoms with van der Waals surface area (Å²) in [5.74, 6) is -0.643. The van der Waals surface area contributed by atoms with Gasteiger partial charge in [0, 0.05) is 13.7 Å². The fraction of sp³-hybridized carbons (Fsp3) is 0.375. The molecule has 3 aliphatic rings. The summed E-state index contributed by atoms with van der Waals surface area (Å²) in [6, 6.07) is 7.88. The van der Waals surface area contributed by atoms with Gasteiger partial charge in [0.05, 0.1) is 41.0 Å². The Kier molecular flexibility index (Phi) is 6.46. The number of carbonyl (C=O) groups is 3. The molecule has 2 aromatic rings. The van der Waals surface area contributed by atoms with Crippen LogP contribution in [-0.2, 0) is 9.47 Å². The summed E-state index contributed by atoms with van der Waals surface area (Å²) < 4.78 is 10.3. The molecule has 2 atom stereocenters. The predicted molar refractivity (Wildman–Crippen MR) is 129 cm³/mol. The van der Waals surface area contributed by atoms with E-state index in [1.54, 1.807) is 38.3 Å². The average molecular weight is 496 g/mol. The van der Waals surface area contributed by atoms with Crippen molar-refractivity contribution in [2.45, 2.75) is 31.8 Å². The van der Waals surface area contributed by atoms with Crippen LogP contribution in [0.4, 0.5) is 10.5 Å². The number of hydrazine groups is 1. The number of ketones is 1. The van der Waals surface area contributed by atoms with Crippen LogP contribution in [0, 0.1) is 0 Å². The molecule has 0 radical (unpaired) electrons. The zero-order valence-electron chi connectivity index (χ0n) is 19.4. The number of amides is 2. The Balaban J connectivity index is 1.38. The van der Waals surface area contributed by atoms with E-state index < -0.39 is 18.0 Å². The minimum atomic E-state index is -0.532. The van der Waals surface area contributed by atoms with Crippen LogP contribution in [-0.4, -0.2) is 55.7 Å². The number of hydrogen-bond donors (Lipinski definition) is 2. The van der Waals surface area contributed by atoms with E-state index in [-0.39, 0.29) is 18.4 Å². The van der Waals surface area contributed by atoms with Crippen LogP contribution in [0.3, 0.4) is 0 Å². The zero-order valence-corrected chi connectivity index (χ0v) is 20.2. The van der Waals surface area contributed by atoms with Gasteiger partial charge in [-0.15, -0.1) is 11.3 Å². The highest BCUT2D eigenvalue weighted by molar-refractivity contribution is 7.15. The monoisotopic (exact) mass is 495 g/mol. The number of benzene rings is 1. The summed E-state index contributed by atoms with van der Waals surface area (Å²) in [5, 5.41) is 13.3. The molecule has 1 saturated heterocycles.